The minimum atomic E-state index is -4.37. The average Bonchev–Trinajstić information content (AvgIpc) is 2.88. The van der Waals surface area contributed by atoms with E-state index in [1.165, 1.54) is 38.4 Å². The first-order valence-corrected chi connectivity index (χ1v) is 13.2. The molecule has 2 aromatic rings. The summed E-state index contributed by atoms with van der Waals surface area (Å²) in [5.41, 5.74) is 1.51. The Kier molecular flexibility index (Phi) is 10.2. The maximum atomic E-state index is 13.7. The highest BCUT2D eigenvalue weighted by Crippen LogP contribution is 2.31. The first-order valence-electron chi connectivity index (χ1n) is 13.2. The number of alkyl halides is 3. The number of carbonyl (C=O) groups is 1. The van der Waals surface area contributed by atoms with Gasteiger partial charge in [0.05, 0.1) is 5.56 Å². The second-order valence-electron chi connectivity index (χ2n) is 10.4. The second-order valence-corrected chi connectivity index (χ2v) is 10.4. The maximum Gasteiger partial charge on any atom is 0.416 e. The van der Waals surface area contributed by atoms with Gasteiger partial charge in [0, 0.05) is 32.7 Å². The van der Waals surface area contributed by atoms with Crippen LogP contribution >= 0.6 is 0 Å². The molecule has 2 fully saturated rings. The van der Waals surface area contributed by atoms with E-state index in [-0.39, 0.29) is 19.4 Å². The molecule has 2 aliphatic heterocycles. The lowest BCUT2D eigenvalue weighted by Crippen LogP contribution is -2.50. The molecule has 37 heavy (non-hydrogen) atoms. The van der Waals surface area contributed by atoms with Crippen molar-refractivity contribution < 1.29 is 18.0 Å². The fraction of sp³-hybridized carbons (Fsp3) is 0.567. The topological polar surface area (TPSA) is 26.8 Å². The molecule has 0 aromatic heterocycles. The van der Waals surface area contributed by atoms with Gasteiger partial charge < -0.3 is 9.80 Å². The molecule has 0 saturated carbocycles. The van der Waals surface area contributed by atoms with Gasteiger partial charge in [-0.15, -0.1) is 0 Å². The number of likely N-dealkylation sites (tertiary alicyclic amines) is 2. The van der Waals surface area contributed by atoms with Crippen LogP contribution in [0.4, 0.5) is 13.2 Å². The molecule has 4 rings (SSSR count). The Morgan fingerprint density at radius 2 is 1.65 bits per heavy atom. The molecule has 4 nitrogen and oxygen atoms in total. The number of halogens is 3. The number of hydrogen-bond donors (Lipinski definition) is 0. The van der Waals surface area contributed by atoms with Crippen LogP contribution in [-0.2, 0) is 17.4 Å². The minimum absolute atomic E-state index is 0. The number of piperidine rings is 2. The first kappa shape index (κ1) is 29.2. The molecule has 1 atom stereocenters. The lowest BCUT2D eigenvalue weighted by Gasteiger charge is -2.43. The monoisotopic (exact) mass is 517 g/mol. The summed E-state index contributed by atoms with van der Waals surface area (Å²) in [6, 6.07) is 14.2. The highest BCUT2D eigenvalue weighted by Gasteiger charge is 2.35. The largest absolute Gasteiger partial charge is 0.416 e. The van der Waals surface area contributed by atoms with Crippen LogP contribution in [0.3, 0.4) is 0 Å². The fourth-order valence-electron chi connectivity index (χ4n) is 5.72. The molecule has 2 heterocycles. The molecule has 204 valence electrons. The summed E-state index contributed by atoms with van der Waals surface area (Å²) in [4.78, 5) is 20.3. The number of benzene rings is 2. The standard InChI is InChI=1S/C29H38F3N3O.CH4/c1-22-19-23(21-25(20-22)29(30,31)32)11-16-33(2)28(36)27(24-9-5-3-6-10-24)35-17-12-26(13-18-35)34-14-7-4-8-15-34;/h3,5-6,9-10,19-21,26-27H,4,7-8,11-18H2,1-2H3;1H4. The van der Waals surface area contributed by atoms with Crippen LogP contribution in [0.5, 0.6) is 0 Å². The summed E-state index contributed by atoms with van der Waals surface area (Å²) in [6.07, 6.45) is 2.01. The van der Waals surface area contributed by atoms with E-state index in [0.29, 0.717) is 30.1 Å². The van der Waals surface area contributed by atoms with Crippen molar-refractivity contribution in [3.63, 3.8) is 0 Å². The Hall–Kier alpha value is -2.38. The summed E-state index contributed by atoms with van der Waals surface area (Å²) < 4.78 is 39.7. The molecular formula is C30H42F3N3O. The SMILES string of the molecule is C.Cc1cc(CCN(C)C(=O)C(c2ccccc2)N2CCC(N3CCCCC3)CC2)cc(C(F)(F)F)c1. The van der Waals surface area contributed by atoms with E-state index in [0.717, 1.165) is 37.6 Å². The third-order valence-electron chi connectivity index (χ3n) is 7.70. The van der Waals surface area contributed by atoms with Crippen LogP contribution in [0.15, 0.2) is 48.5 Å². The highest BCUT2D eigenvalue weighted by molar-refractivity contribution is 5.83. The van der Waals surface area contributed by atoms with E-state index in [4.69, 9.17) is 0 Å². The minimum Gasteiger partial charge on any atom is -0.344 e. The first-order chi connectivity index (χ1) is 17.2. The number of hydrogen-bond acceptors (Lipinski definition) is 3. The van der Waals surface area contributed by atoms with Crippen molar-refractivity contribution in [3.8, 4) is 0 Å². The molecule has 1 amide bonds. The lowest BCUT2D eigenvalue weighted by molar-refractivity contribution is -0.138. The van der Waals surface area contributed by atoms with Crippen molar-refractivity contribution in [2.24, 2.45) is 0 Å². The molecular weight excluding hydrogens is 475 g/mol. The lowest BCUT2D eigenvalue weighted by atomic mass is 9.96. The van der Waals surface area contributed by atoms with Crippen molar-refractivity contribution in [3.05, 3.63) is 70.8 Å². The summed E-state index contributed by atoms with van der Waals surface area (Å²) in [6.45, 7) is 6.15. The molecule has 1 unspecified atom stereocenters. The van der Waals surface area contributed by atoms with Gasteiger partial charge in [-0.05, 0) is 75.4 Å². The quantitative estimate of drug-likeness (QED) is 0.429. The van der Waals surface area contributed by atoms with Gasteiger partial charge >= 0.3 is 6.18 Å². The second kappa shape index (κ2) is 12.9. The molecule has 2 aliphatic rings. The Morgan fingerprint density at radius 3 is 2.27 bits per heavy atom. The Bertz CT molecular complexity index is 997. The van der Waals surface area contributed by atoms with Gasteiger partial charge in [0.1, 0.15) is 6.04 Å². The molecule has 0 bridgehead atoms. The third-order valence-corrected chi connectivity index (χ3v) is 7.70. The number of amides is 1. The predicted molar refractivity (Wildman–Crippen MR) is 143 cm³/mol. The van der Waals surface area contributed by atoms with Crippen molar-refractivity contribution in [2.75, 3.05) is 39.8 Å². The Balaban J connectivity index is 0.00000380. The molecule has 0 spiro atoms. The molecule has 0 N–H and O–H groups in total. The zero-order chi connectivity index (χ0) is 25.7. The summed E-state index contributed by atoms with van der Waals surface area (Å²) in [5, 5.41) is 0. The number of carbonyl (C=O) groups excluding carboxylic acids is 1. The molecule has 2 aromatic carbocycles. The molecule has 0 radical (unpaired) electrons. The van der Waals surface area contributed by atoms with Gasteiger partial charge in [0.2, 0.25) is 5.91 Å². The predicted octanol–water partition coefficient (Wildman–Crippen LogP) is 6.34. The molecule has 7 heteroatoms. The van der Waals surface area contributed by atoms with Crippen LogP contribution in [0.25, 0.3) is 0 Å². The van der Waals surface area contributed by atoms with E-state index >= 15 is 0 Å². The molecule has 0 aliphatic carbocycles. The van der Waals surface area contributed by atoms with Crippen LogP contribution in [0.2, 0.25) is 0 Å². The zero-order valence-corrected chi connectivity index (χ0v) is 21.4. The van der Waals surface area contributed by atoms with Crippen molar-refractivity contribution in [2.45, 2.75) is 71.1 Å². The number of rotatable bonds is 7. The highest BCUT2D eigenvalue weighted by atomic mass is 19.4. The van der Waals surface area contributed by atoms with Crippen molar-refractivity contribution in [1.82, 2.24) is 14.7 Å². The Morgan fingerprint density at radius 1 is 1.00 bits per heavy atom. The van der Waals surface area contributed by atoms with Gasteiger partial charge in [-0.25, -0.2) is 0 Å². The number of nitrogens with zero attached hydrogens (tertiary/aromatic N) is 3. The van der Waals surface area contributed by atoms with Gasteiger partial charge in [0.15, 0.2) is 0 Å². The number of aryl methyl sites for hydroxylation is 1. The van der Waals surface area contributed by atoms with Gasteiger partial charge in [0.25, 0.3) is 0 Å². The zero-order valence-electron chi connectivity index (χ0n) is 21.4. The average molecular weight is 518 g/mol. The number of likely N-dealkylation sites (N-methyl/N-ethyl adjacent to an activating group) is 1. The van der Waals surface area contributed by atoms with Gasteiger partial charge in [-0.3, -0.25) is 9.69 Å². The van der Waals surface area contributed by atoms with E-state index in [1.807, 2.05) is 30.3 Å². The summed E-state index contributed by atoms with van der Waals surface area (Å²) in [7, 11) is 1.76. The van der Waals surface area contributed by atoms with E-state index in [1.54, 1.807) is 24.9 Å². The van der Waals surface area contributed by atoms with E-state index in [2.05, 4.69) is 9.80 Å². The van der Waals surface area contributed by atoms with Crippen LogP contribution in [0, 0.1) is 6.92 Å². The van der Waals surface area contributed by atoms with Gasteiger partial charge in [-0.2, -0.15) is 13.2 Å². The third kappa shape index (κ3) is 7.57. The maximum absolute atomic E-state index is 13.7. The van der Waals surface area contributed by atoms with E-state index < -0.39 is 11.7 Å². The van der Waals surface area contributed by atoms with Crippen LogP contribution < -0.4 is 0 Å². The summed E-state index contributed by atoms with van der Waals surface area (Å²) in [5.74, 6) is 0.00122. The normalized spacial score (nSPS) is 18.7. The molecule has 2 saturated heterocycles. The fourth-order valence-corrected chi connectivity index (χ4v) is 5.72. The van der Waals surface area contributed by atoms with Crippen LogP contribution in [-0.4, -0.2) is 66.4 Å². The van der Waals surface area contributed by atoms with Crippen molar-refractivity contribution >= 4 is 5.91 Å². The summed E-state index contributed by atoms with van der Waals surface area (Å²) >= 11 is 0. The van der Waals surface area contributed by atoms with Crippen molar-refractivity contribution in [1.29, 1.82) is 0 Å². The Labute approximate surface area is 220 Å². The van der Waals surface area contributed by atoms with Crippen LogP contribution in [0.1, 0.15) is 67.8 Å². The van der Waals surface area contributed by atoms with Gasteiger partial charge in [-0.1, -0.05) is 55.8 Å². The smallest absolute Gasteiger partial charge is 0.344 e. The van der Waals surface area contributed by atoms with E-state index in [9.17, 15) is 18.0 Å².